The topological polar surface area (TPSA) is 66.4 Å². The minimum atomic E-state index is -1.01. The van der Waals surface area contributed by atoms with Crippen molar-refractivity contribution in [1.29, 1.82) is 0 Å². The van der Waals surface area contributed by atoms with Gasteiger partial charge in [-0.15, -0.1) is 11.3 Å². The molecule has 1 amide bonds. The molecule has 6 heteroatoms. The molecule has 88 valence electrons. The number of aliphatic carboxylic acids is 1. The summed E-state index contributed by atoms with van der Waals surface area (Å²) >= 11 is 3.57. The molecule has 16 heavy (non-hydrogen) atoms. The number of hydrogen-bond acceptors (Lipinski definition) is 3. The van der Waals surface area contributed by atoms with E-state index in [-0.39, 0.29) is 11.8 Å². The second-order valence-electron chi connectivity index (χ2n) is 3.67. The summed E-state index contributed by atoms with van der Waals surface area (Å²) in [4.78, 5) is 22.6. The van der Waals surface area contributed by atoms with Crippen molar-refractivity contribution in [1.82, 2.24) is 5.32 Å². The highest BCUT2D eigenvalue weighted by molar-refractivity contribution is 14.1. The lowest BCUT2D eigenvalue weighted by atomic mass is 10.0. The maximum atomic E-state index is 11.7. The number of hydrogen-bond donors (Lipinski definition) is 2. The predicted molar refractivity (Wildman–Crippen MR) is 70.8 cm³/mol. The van der Waals surface area contributed by atoms with Gasteiger partial charge in [0.05, 0.1) is 8.45 Å². The molecular formula is C10H12INO3S. The predicted octanol–water partition coefficient (Wildman–Crippen LogP) is 2.19. The standard InChI is InChI=1S/C10H12INO3S/c1-5(2)8(10(14)15)12-9(13)6-3-7(11)16-4-6/h3-5,8H,1-2H3,(H,12,13)(H,14,15). The van der Waals surface area contributed by atoms with E-state index in [2.05, 4.69) is 27.9 Å². The van der Waals surface area contributed by atoms with Gasteiger partial charge in [-0.3, -0.25) is 4.79 Å². The maximum Gasteiger partial charge on any atom is 0.326 e. The Labute approximate surface area is 111 Å². The Balaban J connectivity index is 2.73. The van der Waals surface area contributed by atoms with E-state index >= 15 is 0 Å². The van der Waals surface area contributed by atoms with E-state index in [0.717, 1.165) is 2.88 Å². The van der Waals surface area contributed by atoms with Gasteiger partial charge in [-0.25, -0.2) is 4.79 Å². The fourth-order valence-electron chi connectivity index (χ4n) is 1.17. The van der Waals surface area contributed by atoms with Crippen molar-refractivity contribution in [3.63, 3.8) is 0 Å². The molecule has 1 aromatic heterocycles. The SMILES string of the molecule is CC(C)C(NC(=O)c1csc(I)c1)C(=O)O. The van der Waals surface area contributed by atoms with Crippen molar-refractivity contribution in [2.75, 3.05) is 0 Å². The molecule has 0 fully saturated rings. The minimum absolute atomic E-state index is 0.140. The summed E-state index contributed by atoms with van der Waals surface area (Å²) in [6, 6.07) is 0.893. The molecule has 4 nitrogen and oxygen atoms in total. The van der Waals surface area contributed by atoms with Gasteiger partial charge in [0.25, 0.3) is 5.91 Å². The Kier molecular flexibility index (Phi) is 4.72. The van der Waals surface area contributed by atoms with Crippen LogP contribution in [0.3, 0.4) is 0 Å². The number of amides is 1. The monoisotopic (exact) mass is 353 g/mol. The van der Waals surface area contributed by atoms with Gasteiger partial charge < -0.3 is 10.4 Å². The minimum Gasteiger partial charge on any atom is -0.480 e. The first-order valence-corrected chi connectivity index (χ1v) is 6.65. The Morgan fingerprint density at radius 3 is 2.50 bits per heavy atom. The van der Waals surface area contributed by atoms with Gasteiger partial charge in [-0.1, -0.05) is 13.8 Å². The van der Waals surface area contributed by atoms with Crippen LogP contribution in [0.2, 0.25) is 0 Å². The molecule has 1 heterocycles. The van der Waals surface area contributed by atoms with Crippen LogP contribution in [0, 0.1) is 8.80 Å². The number of carboxylic acid groups (broad SMARTS) is 1. The molecule has 0 aliphatic heterocycles. The first-order valence-electron chi connectivity index (χ1n) is 4.69. The fourth-order valence-corrected chi connectivity index (χ4v) is 2.49. The third-order valence-corrected chi connectivity index (χ3v) is 3.84. The fraction of sp³-hybridized carbons (Fsp3) is 0.400. The van der Waals surface area contributed by atoms with Crippen molar-refractivity contribution >= 4 is 45.8 Å². The van der Waals surface area contributed by atoms with E-state index < -0.39 is 12.0 Å². The van der Waals surface area contributed by atoms with E-state index in [1.54, 1.807) is 25.3 Å². The maximum absolute atomic E-state index is 11.7. The highest BCUT2D eigenvalue weighted by Crippen LogP contribution is 2.16. The van der Waals surface area contributed by atoms with Crippen molar-refractivity contribution in [3.8, 4) is 0 Å². The van der Waals surface area contributed by atoms with Crippen LogP contribution in [-0.4, -0.2) is 23.0 Å². The zero-order valence-electron chi connectivity index (χ0n) is 8.86. The van der Waals surface area contributed by atoms with Crippen LogP contribution in [0.4, 0.5) is 0 Å². The number of nitrogens with one attached hydrogen (secondary N) is 1. The highest BCUT2D eigenvalue weighted by Gasteiger charge is 2.24. The van der Waals surface area contributed by atoms with Gasteiger partial charge in [-0.05, 0) is 34.6 Å². The Bertz CT molecular complexity index is 403. The highest BCUT2D eigenvalue weighted by atomic mass is 127. The van der Waals surface area contributed by atoms with E-state index in [1.165, 1.54) is 11.3 Å². The van der Waals surface area contributed by atoms with Crippen LogP contribution in [0.15, 0.2) is 11.4 Å². The lowest BCUT2D eigenvalue weighted by Crippen LogP contribution is -2.44. The smallest absolute Gasteiger partial charge is 0.326 e. The quantitative estimate of drug-likeness (QED) is 0.816. The molecule has 1 aromatic rings. The molecule has 0 bridgehead atoms. The molecule has 0 radical (unpaired) electrons. The summed E-state index contributed by atoms with van der Waals surface area (Å²) in [5.41, 5.74) is 0.515. The Morgan fingerprint density at radius 2 is 2.12 bits per heavy atom. The average molecular weight is 353 g/mol. The number of carbonyl (C=O) groups excluding carboxylic acids is 1. The summed E-state index contributed by atoms with van der Waals surface area (Å²) in [6.07, 6.45) is 0. The van der Waals surface area contributed by atoms with Gasteiger partial charge in [0.1, 0.15) is 6.04 Å². The molecule has 0 aromatic carbocycles. The van der Waals surface area contributed by atoms with Crippen LogP contribution < -0.4 is 5.32 Å². The third-order valence-electron chi connectivity index (χ3n) is 2.05. The first-order chi connectivity index (χ1) is 7.41. The second-order valence-corrected chi connectivity index (χ2v) is 6.48. The van der Waals surface area contributed by atoms with E-state index in [1.807, 2.05) is 0 Å². The second kappa shape index (κ2) is 5.62. The molecule has 0 aliphatic rings. The van der Waals surface area contributed by atoms with Gasteiger partial charge in [0.15, 0.2) is 0 Å². The third kappa shape index (κ3) is 3.44. The van der Waals surface area contributed by atoms with Crippen LogP contribution in [-0.2, 0) is 4.79 Å². The number of thiophene rings is 1. The number of halogens is 1. The lowest BCUT2D eigenvalue weighted by Gasteiger charge is -2.17. The van der Waals surface area contributed by atoms with Crippen LogP contribution in [0.1, 0.15) is 24.2 Å². The molecule has 2 N–H and O–H groups in total. The summed E-state index contributed by atoms with van der Waals surface area (Å²) in [7, 11) is 0. The van der Waals surface area contributed by atoms with E-state index in [9.17, 15) is 9.59 Å². The van der Waals surface area contributed by atoms with E-state index in [4.69, 9.17) is 5.11 Å². The lowest BCUT2D eigenvalue weighted by molar-refractivity contribution is -0.140. The molecule has 1 rings (SSSR count). The molecule has 0 aliphatic carbocycles. The summed E-state index contributed by atoms with van der Waals surface area (Å²) in [6.45, 7) is 3.52. The van der Waals surface area contributed by atoms with Crippen molar-refractivity contribution in [2.24, 2.45) is 5.92 Å². The zero-order valence-corrected chi connectivity index (χ0v) is 11.8. The normalized spacial score (nSPS) is 12.5. The molecule has 0 saturated carbocycles. The molecular weight excluding hydrogens is 341 g/mol. The average Bonchev–Trinajstić information content (AvgIpc) is 2.59. The molecule has 0 saturated heterocycles. The number of rotatable bonds is 4. The van der Waals surface area contributed by atoms with Gasteiger partial charge in [0.2, 0.25) is 0 Å². The van der Waals surface area contributed by atoms with Gasteiger partial charge >= 0.3 is 5.97 Å². The first kappa shape index (κ1) is 13.4. The Morgan fingerprint density at radius 1 is 1.50 bits per heavy atom. The van der Waals surface area contributed by atoms with Crippen LogP contribution >= 0.6 is 33.9 Å². The van der Waals surface area contributed by atoms with Crippen molar-refractivity contribution in [2.45, 2.75) is 19.9 Å². The van der Waals surface area contributed by atoms with Crippen molar-refractivity contribution in [3.05, 3.63) is 19.9 Å². The molecule has 1 unspecified atom stereocenters. The largest absolute Gasteiger partial charge is 0.480 e. The summed E-state index contributed by atoms with van der Waals surface area (Å²) in [5.74, 6) is -1.48. The number of carbonyl (C=O) groups is 2. The van der Waals surface area contributed by atoms with Crippen molar-refractivity contribution < 1.29 is 14.7 Å². The molecule has 0 spiro atoms. The number of carboxylic acids is 1. The Hall–Kier alpha value is -0.630. The van der Waals surface area contributed by atoms with Gasteiger partial charge in [0, 0.05) is 5.38 Å². The van der Waals surface area contributed by atoms with E-state index in [0.29, 0.717) is 5.56 Å². The summed E-state index contributed by atoms with van der Waals surface area (Å²) < 4.78 is 0.999. The van der Waals surface area contributed by atoms with Crippen LogP contribution in [0.25, 0.3) is 0 Å². The molecule has 1 atom stereocenters. The zero-order chi connectivity index (χ0) is 12.3. The summed E-state index contributed by atoms with van der Waals surface area (Å²) in [5, 5.41) is 13.2. The van der Waals surface area contributed by atoms with Gasteiger partial charge in [-0.2, -0.15) is 0 Å². The van der Waals surface area contributed by atoms with Crippen LogP contribution in [0.5, 0.6) is 0 Å².